The lowest BCUT2D eigenvalue weighted by molar-refractivity contribution is -0.124. The quantitative estimate of drug-likeness (QED) is 0.866. The summed E-state index contributed by atoms with van der Waals surface area (Å²) in [5, 5.41) is 0. The molecular formula is C14H19NO2. The zero-order chi connectivity index (χ0) is 12.3. The van der Waals surface area contributed by atoms with E-state index in [1.54, 1.807) is 0 Å². The van der Waals surface area contributed by atoms with Crippen molar-refractivity contribution in [3.8, 4) is 5.75 Å². The van der Waals surface area contributed by atoms with Crippen molar-refractivity contribution in [2.75, 3.05) is 0 Å². The van der Waals surface area contributed by atoms with E-state index in [4.69, 9.17) is 10.5 Å². The summed E-state index contributed by atoms with van der Waals surface area (Å²) in [4.78, 5) is 11.1. The number of rotatable bonds is 4. The molecule has 1 unspecified atom stereocenters. The third-order valence-electron chi connectivity index (χ3n) is 3.29. The second-order valence-electron chi connectivity index (χ2n) is 4.55. The molecule has 0 aliphatic heterocycles. The second kappa shape index (κ2) is 5.21. The fraction of sp³-hybridized carbons (Fsp3) is 0.500. The van der Waals surface area contributed by atoms with Gasteiger partial charge in [-0.25, -0.2) is 0 Å². The lowest BCUT2D eigenvalue weighted by atomic mass is 9.92. The SMILES string of the molecule is CCC(Oc1ccc2c(c1)CCCC2)C(N)=O. The fourth-order valence-electron chi connectivity index (χ4n) is 2.29. The Bertz CT molecular complexity index is 415. The molecule has 17 heavy (non-hydrogen) atoms. The molecular weight excluding hydrogens is 214 g/mol. The molecule has 1 atom stereocenters. The minimum absolute atomic E-state index is 0.398. The van der Waals surface area contributed by atoms with E-state index in [-0.39, 0.29) is 0 Å². The van der Waals surface area contributed by atoms with Gasteiger partial charge in [0.1, 0.15) is 5.75 Å². The highest BCUT2D eigenvalue weighted by Crippen LogP contribution is 2.26. The normalized spacial score (nSPS) is 16.1. The molecule has 0 bridgehead atoms. The summed E-state index contributed by atoms with van der Waals surface area (Å²) in [7, 11) is 0. The Morgan fingerprint density at radius 3 is 2.71 bits per heavy atom. The van der Waals surface area contributed by atoms with Crippen molar-refractivity contribution >= 4 is 5.91 Å². The maximum atomic E-state index is 11.1. The Kier molecular flexibility index (Phi) is 3.67. The van der Waals surface area contributed by atoms with E-state index >= 15 is 0 Å². The minimum atomic E-state index is -0.517. The Morgan fingerprint density at radius 2 is 2.06 bits per heavy atom. The monoisotopic (exact) mass is 233 g/mol. The number of nitrogens with two attached hydrogens (primary N) is 1. The fourth-order valence-corrected chi connectivity index (χ4v) is 2.29. The molecule has 0 heterocycles. The highest BCUT2D eigenvalue weighted by atomic mass is 16.5. The van der Waals surface area contributed by atoms with Gasteiger partial charge in [-0.05, 0) is 55.4 Å². The van der Waals surface area contributed by atoms with Crippen LogP contribution >= 0.6 is 0 Å². The van der Waals surface area contributed by atoms with Gasteiger partial charge in [0, 0.05) is 0 Å². The number of ether oxygens (including phenoxy) is 1. The predicted molar refractivity (Wildman–Crippen MR) is 67.0 cm³/mol. The lowest BCUT2D eigenvalue weighted by Gasteiger charge is -2.19. The van der Waals surface area contributed by atoms with Crippen molar-refractivity contribution in [1.82, 2.24) is 0 Å². The third kappa shape index (κ3) is 2.78. The molecule has 0 radical (unpaired) electrons. The Hall–Kier alpha value is -1.51. The molecule has 0 fully saturated rings. The first-order chi connectivity index (χ1) is 8.20. The van der Waals surface area contributed by atoms with Gasteiger partial charge in [0.25, 0.3) is 5.91 Å². The Balaban J connectivity index is 2.14. The van der Waals surface area contributed by atoms with E-state index in [0.29, 0.717) is 6.42 Å². The van der Waals surface area contributed by atoms with E-state index in [0.717, 1.165) is 18.6 Å². The van der Waals surface area contributed by atoms with Crippen LogP contribution < -0.4 is 10.5 Å². The standard InChI is InChI=1S/C14H19NO2/c1-2-13(14(15)16)17-12-8-7-10-5-3-4-6-11(10)9-12/h7-9,13H,2-6H2,1H3,(H2,15,16). The first-order valence-electron chi connectivity index (χ1n) is 6.28. The first-order valence-corrected chi connectivity index (χ1v) is 6.28. The van der Waals surface area contributed by atoms with Crippen molar-refractivity contribution in [2.45, 2.75) is 45.1 Å². The smallest absolute Gasteiger partial charge is 0.258 e. The number of amides is 1. The molecule has 1 aromatic carbocycles. The molecule has 1 aromatic rings. The van der Waals surface area contributed by atoms with E-state index in [2.05, 4.69) is 12.1 Å². The third-order valence-corrected chi connectivity index (χ3v) is 3.29. The first kappa shape index (κ1) is 12.0. The van der Waals surface area contributed by atoms with Crippen molar-refractivity contribution in [2.24, 2.45) is 5.73 Å². The summed E-state index contributed by atoms with van der Waals surface area (Å²) < 4.78 is 5.62. The van der Waals surface area contributed by atoms with Crippen LogP contribution in [-0.2, 0) is 17.6 Å². The van der Waals surface area contributed by atoms with Crippen LogP contribution in [0.25, 0.3) is 0 Å². The summed E-state index contributed by atoms with van der Waals surface area (Å²) in [6.07, 6.45) is 4.86. The average Bonchev–Trinajstić information content (AvgIpc) is 2.35. The van der Waals surface area contributed by atoms with Crippen LogP contribution in [0.3, 0.4) is 0 Å². The highest BCUT2D eigenvalue weighted by Gasteiger charge is 2.16. The zero-order valence-corrected chi connectivity index (χ0v) is 10.2. The van der Waals surface area contributed by atoms with Gasteiger partial charge in [-0.1, -0.05) is 13.0 Å². The second-order valence-corrected chi connectivity index (χ2v) is 4.55. The number of hydrogen-bond donors (Lipinski definition) is 1. The van der Waals surface area contributed by atoms with Gasteiger partial charge in [0.05, 0.1) is 0 Å². The van der Waals surface area contributed by atoms with Crippen LogP contribution in [0.5, 0.6) is 5.75 Å². The molecule has 0 saturated heterocycles. The van der Waals surface area contributed by atoms with Gasteiger partial charge in [-0.2, -0.15) is 0 Å². The maximum absolute atomic E-state index is 11.1. The van der Waals surface area contributed by atoms with Gasteiger partial charge >= 0.3 is 0 Å². The molecule has 92 valence electrons. The van der Waals surface area contributed by atoms with E-state index < -0.39 is 12.0 Å². The number of carbonyl (C=O) groups is 1. The van der Waals surface area contributed by atoms with Crippen LogP contribution in [0.1, 0.15) is 37.3 Å². The van der Waals surface area contributed by atoms with Gasteiger partial charge in [0.15, 0.2) is 6.10 Å². The van der Waals surface area contributed by atoms with E-state index in [1.165, 1.54) is 24.0 Å². The number of primary amides is 1. The number of aryl methyl sites for hydroxylation is 2. The van der Waals surface area contributed by atoms with Crippen molar-refractivity contribution in [3.63, 3.8) is 0 Å². The van der Waals surface area contributed by atoms with Crippen molar-refractivity contribution in [1.29, 1.82) is 0 Å². The summed E-state index contributed by atoms with van der Waals surface area (Å²) in [6, 6.07) is 6.10. The van der Waals surface area contributed by atoms with Crippen molar-refractivity contribution < 1.29 is 9.53 Å². The number of fused-ring (bicyclic) bond motifs is 1. The van der Waals surface area contributed by atoms with E-state index in [9.17, 15) is 4.79 Å². The summed E-state index contributed by atoms with van der Waals surface area (Å²) >= 11 is 0. The molecule has 0 aromatic heterocycles. The molecule has 1 amide bonds. The van der Waals surface area contributed by atoms with Crippen LogP contribution in [0.4, 0.5) is 0 Å². The number of carbonyl (C=O) groups excluding carboxylic acids is 1. The Labute approximate surface area is 102 Å². The highest BCUT2D eigenvalue weighted by molar-refractivity contribution is 5.79. The molecule has 0 spiro atoms. The maximum Gasteiger partial charge on any atom is 0.258 e. The summed E-state index contributed by atoms with van der Waals surface area (Å²) in [5.41, 5.74) is 8.04. The summed E-state index contributed by atoms with van der Waals surface area (Å²) in [5.74, 6) is 0.363. The molecule has 1 aliphatic carbocycles. The van der Waals surface area contributed by atoms with Crippen molar-refractivity contribution in [3.05, 3.63) is 29.3 Å². The zero-order valence-electron chi connectivity index (χ0n) is 10.2. The average molecular weight is 233 g/mol. The summed E-state index contributed by atoms with van der Waals surface area (Å²) in [6.45, 7) is 1.90. The lowest BCUT2D eigenvalue weighted by Crippen LogP contribution is -2.33. The van der Waals surface area contributed by atoms with Gasteiger partial charge in [0.2, 0.25) is 0 Å². The van der Waals surface area contributed by atoms with Crippen LogP contribution in [0.15, 0.2) is 18.2 Å². The van der Waals surface area contributed by atoms with Gasteiger partial charge < -0.3 is 10.5 Å². The number of hydrogen-bond acceptors (Lipinski definition) is 2. The molecule has 2 rings (SSSR count). The largest absolute Gasteiger partial charge is 0.481 e. The predicted octanol–water partition coefficient (Wildman–Crippen LogP) is 2.21. The van der Waals surface area contributed by atoms with E-state index in [1.807, 2.05) is 13.0 Å². The van der Waals surface area contributed by atoms with Gasteiger partial charge in [-0.15, -0.1) is 0 Å². The van der Waals surface area contributed by atoms with Gasteiger partial charge in [-0.3, -0.25) is 4.79 Å². The molecule has 3 nitrogen and oxygen atoms in total. The molecule has 1 aliphatic rings. The minimum Gasteiger partial charge on any atom is -0.481 e. The van der Waals surface area contributed by atoms with Crippen LogP contribution in [-0.4, -0.2) is 12.0 Å². The topological polar surface area (TPSA) is 52.3 Å². The number of benzene rings is 1. The van der Waals surface area contributed by atoms with Crippen LogP contribution in [0.2, 0.25) is 0 Å². The molecule has 3 heteroatoms. The Morgan fingerprint density at radius 1 is 1.35 bits per heavy atom. The molecule has 2 N–H and O–H groups in total. The molecule has 0 saturated carbocycles. The van der Waals surface area contributed by atoms with Crippen LogP contribution in [0, 0.1) is 0 Å².